The van der Waals surface area contributed by atoms with Crippen molar-refractivity contribution in [3.05, 3.63) is 0 Å². The van der Waals surface area contributed by atoms with Gasteiger partial charge >= 0.3 is 0 Å². The molecule has 0 aliphatic carbocycles. The average molecular weight is 253 g/mol. The second kappa shape index (κ2) is 7.46. The van der Waals surface area contributed by atoms with E-state index in [1.807, 2.05) is 0 Å². The normalized spacial score (nSPS) is 28.0. The van der Waals surface area contributed by atoms with E-state index in [0.717, 1.165) is 12.6 Å². The quantitative estimate of drug-likeness (QED) is 0.780. The Morgan fingerprint density at radius 2 is 2.06 bits per heavy atom. The first-order valence-electron chi connectivity index (χ1n) is 7.99. The molecule has 2 aliphatic rings. The van der Waals surface area contributed by atoms with E-state index >= 15 is 0 Å². The predicted octanol–water partition coefficient (Wildman–Crippen LogP) is 1.93. The molecule has 18 heavy (non-hydrogen) atoms. The summed E-state index contributed by atoms with van der Waals surface area (Å²) in [6.45, 7) is 12.3. The molecule has 2 atom stereocenters. The van der Waals surface area contributed by atoms with Crippen LogP contribution in [-0.4, -0.2) is 61.2 Å². The second-order valence-corrected chi connectivity index (χ2v) is 6.09. The van der Waals surface area contributed by atoms with E-state index in [-0.39, 0.29) is 0 Å². The average Bonchev–Trinajstić information content (AvgIpc) is 2.68. The van der Waals surface area contributed by atoms with Gasteiger partial charge in [-0.05, 0) is 71.8 Å². The summed E-state index contributed by atoms with van der Waals surface area (Å²) in [5.74, 6) is 0. The van der Waals surface area contributed by atoms with Crippen LogP contribution in [-0.2, 0) is 0 Å². The SMILES string of the molecule is CCNC(C)CCCN1CCCN2CCCC2C1. The van der Waals surface area contributed by atoms with Gasteiger partial charge in [-0.15, -0.1) is 0 Å². The summed E-state index contributed by atoms with van der Waals surface area (Å²) in [6.07, 6.45) is 6.90. The third-order valence-corrected chi connectivity index (χ3v) is 4.55. The van der Waals surface area contributed by atoms with E-state index in [1.165, 1.54) is 64.8 Å². The smallest absolute Gasteiger partial charge is 0.0223 e. The van der Waals surface area contributed by atoms with Crippen LogP contribution in [0.1, 0.15) is 46.0 Å². The van der Waals surface area contributed by atoms with Crippen LogP contribution in [0.2, 0.25) is 0 Å². The lowest BCUT2D eigenvalue weighted by Gasteiger charge is -2.26. The topological polar surface area (TPSA) is 18.5 Å². The monoisotopic (exact) mass is 253 g/mol. The molecule has 0 saturated carbocycles. The molecule has 2 rings (SSSR count). The zero-order chi connectivity index (χ0) is 12.8. The summed E-state index contributed by atoms with van der Waals surface area (Å²) in [4.78, 5) is 5.44. The Morgan fingerprint density at radius 1 is 1.22 bits per heavy atom. The van der Waals surface area contributed by atoms with Crippen LogP contribution in [0, 0.1) is 0 Å². The van der Waals surface area contributed by atoms with E-state index in [9.17, 15) is 0 Å². The van der Waals surface area contributed by atoms with E-state index in [0.29, 0.717) is 6.04 Å². The number of hydrogen-bond donors (Lipinski definition) is 1. The Balaban J connectivity index is 1.66. The highest BCUT2D eigenvalue weighted by Crippen LogP contribution is 2.21. The standard InChI is InChI=1S/C15H31N3/c1-3-16-14(2)7-4-9-17-10-6-12-18-11-5-8-15(18)13-17/h14-16H,3-13H2,1-2H3. The van der Waals surface area contributed by atoms with Crippen molar-refractivity contribution in [2.24, 2.45) is 0 Å². The molecular formula is C15H31N3. The van der Waals surface area contributed by atoms with Crippen molar-refractivity contribution in [2.45, 2.75) is 58.0 Å². The molecule has 2 unspecified atom stereocenters. The van der Waals surface area contributed by atoms with E-state index in [4.69, 9.17) is 0 Å². The first-order valence-corrected chi connectivity index (χ1v) is 7.99. The fraction of sp³-hybridized carbons (Fsp3) is 1.00. The molecule has 1 N–H and O–H groups in total. The largest absolute Gasteiger partial charge is 0.315 e. The lowest BCUT2D eigenvalue weighted by atomic mass is 10.1. The molecule has 0 aromatic carbocycles. The minimum atomic E-state index is 0.685. The van der Waals surface area contributed by atoms with Crippen LogP contribution in [0.4, 0.5) is 0 Å². The molecule has 0 spiro atoms. The van der Waals surface area contributed by atoms with Gasteiger partial charge in [0.2, 0.25) is 0 Å². The summed E-state index contributed by atoms with van der Waals surface area (Å²) in [7, 11) is 0. The van der Waals surface area contributed by atoms with Gasteiger partial charge in [0.05, 0.1) is 0 Å². The molecule has 0 bridgehead atoms. The minimum Gasteiger partial charge on any atom is -0.315 e. The van der Waals surface area contributed by atoms with Crippen LogP contribution < -0.4 is 5.32 Å². The van der Waals surface area contributed by atoms with Gasteiger partial charge in [-0.3, -0.25) is 4.90 Å². The number of rotatable bonds is 6. The maximum absolute atomic E-state index is 3.51. The fourth-order valence-electron chi connectivity index (χ4n) is 3.56. The van der Waals surface area contributed by atoms with Crippen molar-refractivity contribution >= 4 is 0 Å². The molecule has 0 amide bonds. The van der Waals surface area contributed by atoms with E-state index < -0.39 is 0 Å². The van der Waals surface area contributed by atoms with E-state index in [1.54, 1.807) is 0 Å². The third kappa shape index (κ3) is 4.22. The summed E-state index contributed by atoms with van der Waals surface area (Å²) >= 11 is 0. The van der Waals surface area contributed by atoms with Gasteiger partial charge in [0.15, 0.2) is 0 Å². The molecule has 2 fully saturated rings. The van der Waals surface area contributed by atoms with Crippen LogP contribution >= 0.6 is 0 Å². The summed E-state index contributed by atoms with van der Waals surface area (Å²) in [5.41, 5.74) is 0. The lowest BCUT2D eigenvalue weighted by molar-refractivity contribution is 0.216. The second-order valence-electron chi connectivity index (χ2n) is 6.09. The zero-order valence-electron chi connectivity index (χ0n) is 12.3. The Labute approximate surface area is 113 Å². The van der Waals surface area contributed by atoms with Crippen molar-refractivity contribution in [1.82, 2.24) is 15.1 Å². The number of fused-ring (bicyclic) bond motifs is 1. The maximum Gasteiger partial charge on any atom is 0.0223 e. The molecule has 106 valence electrons. The van der Waals surface area contributed by atoms with Crippen LogP contribution in [0.15, 0.2) is 0 Å². The zero-order valence-corrected chi connectivity index (χ0v) is 12.3. The van der Waals surface area contributed by atoms with Gasteiger partial charge in [0.25, 0.3) is 0 Å². The van der Waals surface area contributed by atoms with Crippen LogP contribution in [0.5, 0.6) is 0 Å². The van der Waals surface area contributed by atoms with Gasteiger partial charge in [0.1, 0.15) is 0 Å². The van der Waals surface area contributed by atoms with Crippen molar-refractivity contribution in [3.8, 4) is 0 Å². The number of nitrogens with one attached hydrogen (secondary N) is 1. The van der Waals surface area contributed by atoms with Crippen molar-refractivity contribution in [2.75, 3.05) is 39.3 Å². The highest BCUT2D eigenvalue weighted by Gasteiger charge is 2.28. The van der Waals surface area contributed by atoms with Crippen LogP contribution in [0.25, 0.3) is 0 Å². The molecule has 0 aromatic rings. The van der Waals surface area contributed by atoms with Gasteiger partial charge in [-0.2, -0.15) is 0 Å². The Kier molecular flexibility index (Phi) is 5.93. The molecule has 2 aliphatic heterocycles. The molecule has 3 heteroatoms. The van der Waals surface area contributed by atoms with Crippen molar-refractivity contribution in [1.29, 1.82) is 0 Å². The first kappa shape index (κ1) is 14.3. The lowest BCUT2D eigenvalue weighted by Crippen LogP contribution is -2.37. The Morgan fingerprint density at radius 3 is 2.89 bits per heavy atom. The molecule has 2 saturated heterocycles. The first-order chi connectivity index (χ1) is 8.79. The third-order valence-electron chi connectivity index (χ3n) is 4.55. The van der Waals surface area contributed by atoms with Gasteiger partial charge in [-0.1, -0.05) is 6.92 Å². The molecule has 2 heterocycles. The molecule has 3 nitrogen and oxygen atoms in total. The molecular weight excluding hydrogens is 222 g/mol. The predicted molar refractivity (Wildman–Crippen MR) is 78.0 cm³/mol. The van der Waals surface area contributed by atoms with Crippen molar-refractivity contribution in [3.63, 3.8) is 0 Å². The molecule has 0 aromatic heterocycles. The minimum absolute atomic E-state index is 0.685. The maximum atomic E-state index is 3.51. The van der Waals surface area contributed by atoms with Gasteiger partial charge in [-0.25, -0.2) is 0 Å². The van der Waals surface area contributed by atoms with Crippen LogP contribution in [0.3, 0.4) is 0 Å². The van der Waals surface area contributed by atoms with Gasteiger partial charge < -0.3 is 10.2 Å². The Bertz CT molecular complexity index is 232. The van der Waals surface area contributed by atoms with Crippen molar-refractivity contribution < 1.29 is 0 Å². The van der Waals surface area contributed by atoms with Gasteiger partial charge in [0, 0.05) is 18.6 Å². The summed E-state index contributed by atoms with van der Waals surface area (Å²) in [6, 6.07) is 1.56. The number of nitrogens with zero attached hydrogens (tertiary/aromatic N) is 2. The summed E-state index contributed by atoms with van der Waals surface area (Å²) < 4.78 is 0. The molecule has 0 radical (unpaired) electrons. The summed E-state index contributed by atoms with van der Waals surface area (Å²) in [5, 5.41) is 3.51. The highest BCUT2D eigenvalue weighted by atomic mass is 15.3. The van der Waals surface area contributed by atoms with E-state index in [2.05, 4.69) is 29.0 Å². The Hall–Kier alpha value is -0.120. The highest BCUT2D eigenvalue weighted by molar-refractivity contribution is 4.84. The fourth-order valence-corrected chi connectivity index (χ4v) is 3.56. The number of hydrogen-bond acceptors (Lipinski definition) is 3.